The zero-order chi connectivity index (χ0) is 21.0. The van der Waals surface area contributed by atoms with Gasteiger partial charge in [0, 0.05) is 28.8 Å². The molecule has 1 atom stereocenters. The topological polar surface area (TPSA) is 91.3 Å². The van der Waals surface area contributed by atoms with Crippen LogP contribution in [0.2, 0.25) is 0 Å². The minimum atomic E-state index is -1.27. The Hall–Kier alpha value is -2.87. The van der Waals surface area contributed by atoms with Crippen molar-refractivity contribution in [2.24, 2.45) is 5.10 Å². The number of amides is 1. The molecule has 1 aliphatic heterocycles. The van der Waals surface area contributed by atoms with E-state index in [-0.39, 0.29) is 12.8 Å². The summed E-state index contributed by atoms with van der Waals surface area (Å²) in [6.07, 6.45) is -0.0924. The monoisotopic (exact) mass is 459 g/mol. The lowest BCUT2D eigenvalue weighted by molar-refractivity contribution is -0.305. The average Bonchev–Trinajstić information content (AvgIpc) is 3.17. The van der Waals surface area contributed by atoms with Crippen molar-refractivity contribution in [2.75, 3.05) is 14.2 Å². The normalized spacial score (nSPS) is 15.8. The number of carboxylic acid groups (broad SMARTS) is 1. The highest BCUT2D eigenvalue weighted by Gasteiger charge is 2.34. The lowest BCUT2D eigenvalue weighted by atomic mass is 9.97. The Morgan fingerprint density at radius 2 is 1.86 bits per heavy atom. The molecule has 0 saturated carbocycles. The molecule has 1 heterocycles. The summed E-state index contributed by atoms with van der Waals surface area (Å²) in [6, 6.07) is 12.6. The maximum Gasteiger partial charge on any atom is 0.243 e. The van der Waals surface area contributed by atoms with Crippen LogP contribution in [-0.2, 0) is 9.59 Å². The number of nitrogens with zero attached hydrogens (tertiary/aromatic N) is 2. The molecule has 152 valence electrons. The molecule has 2 aromatic carbocycles. The number of halogens is 1. The summed E-state index contributed by atoms with van der Waals surface area (Å²) in [7, 11) is 3.12. The predicted molar refractivity (Wildman–Crippen MR) is 109 cm³/mol. The van der Waals surface area contributed by atoms with Gasteiger partial charge in [0.25, 0.3) is 0 Å². The van der Waals surface area contributed by atoms with Crippen LogP contribution < -0.4 is 14.6 Å². The first-order valence-corrected chi connectivity index (χ1v) is 9.79. The first kappa shape index (κ1) is 20.9. The molecule has 2 aromatic rings. The van der Waals surface area contributed by atoms with Crippen molar-refractivity contribution in [3.8, 4) is 11.5 Å². The van der Waals surface area contributed by atoms with E-state index in [9.17, 15) is 14.7 Å². The van der Waals surface area contributed by atoms with Crippen LogP contribution in [0.4, 0.5) is 0 Å². The number of hydrogen-bond donors (Lipinski definition) is 0. The van der Waals surface area contributed by atoms with Gasteiger partial charge in [-0.15, -0.1) is 0 Å². The first-order chi connectivity index (χ1) is 13.9. The fourth-order valence-corrected chi connectivity index (χ4v) is 3.49. The molecule has 0 aliphatic carbocycles. The Balaban J connectivity index is 1.99. The molecule has 7 nitrogen and oxygen atoms in total. The molecule has 0 N–H and O–H groups in total. The van der Waals surface area contributed by atoms with Crippen molar-refractivity contribution < 1.29 is 24.2 Å². The number of carboxylic acids is 1. The molecule has 3 rings (SSSR count). The molecular weight excluding hydrogens is 440 g/mol. The van der Waals surface area contributed by atoms with Crippen LogP contribution in [0.15, 0.2) is 52.0 Å². The van der Waals surface area contributed by atoms with Crippen LogP contribution in [0.1, 0.15) is 36.4 Å². The van der Waals surface area contributed by atoms with Gasteiger partial charge in [-0.05, 0) is 42.3 Å². The van der Waals surface area contributed by atoms with E-state index in [2.05, 4.69) is 21.0 Å². The van der Waals surface area contributed by atoms with Crippen LogP contribution in [-0.4, -0.2) is 36.8 Å². The zero-order valence-corrected chi connectivity index (χ0v) is 17.6. The molecule has 0 saturated heterocycles. The first-order valence-electron chi connectivity index (χ1n) is 9.00. The highest BCUT2D eigenvalue weighted by molar-refractivity contribution is 9.10. The Labute approximate surface area is 177 Å². The van der Waals surface area contributed by atoms with E-state index >= 15 is 0 Å². The molecular formula is C21H20BrN2O5-. The van der Waals surface area contributed by atoms with Crippen molar-refractivity contribution in [1.29, 1.82) is 0 Å². The van der Waals surface area contributed by atoms with Crippen molar-refractivity contribution in [1.82, 2.24) is 5.01 Å². The summed E-state index contributed by atoms with van der Waals surface area (Å²) in [4.78, 5) is 23.6. The molecule has 0 bridgehead atoms. The second kappa shape index (κ2) is 9.09. The zero-order valence-electron chi connectivity index (χ0n) is 16.1. The molecule has 1 amide bonds. The molecule has 29 heavy (non-hydrogen) atoms. The van der Waals surface area contributed by atoms with Gasteiger partial charge in [-0.1, -0.05) is 28.1 Å². The van der Waals surface area contributed by atoms with Crippen molar-refractivity contribution in [2.45, 2.75) is 25.3 Å². The van der Waals surface area contributed by atoms with Crippen molar-refractivity contribution in [3.63, 3.8) is 0 Å². The molecule has 0 radical (unpaired) electrons. The maximum atomic E-state index is 12.8. The van der Waals surface area contributed by atoms with Gasteiger partial charge in [-0.25, -0.2) is 5.01 Å². The predicted octanol–water partition coefficient (Wildman–Crippen LogP) is 2.67. The summed E-state index contributed by atoms with van der Waals surface area (Å²) in [6.45, 7) is 0. The van der Waals surface area contributed by atoms with E-state index in [1.807, 2.05) is 30.3 Å². The number of benzene rings is 2. The van der Waals surface area contributed by atoms with Gasteiger partial charge in [0.15, 0.2) is 0 Å². The summed E-state index contributed by atoms with van der Waals surface area (Å²) in [5.74, 6) is -0.442. The fourth-order valence-electron chi connectivity index (χ4n) is 3.22. The SMILES string of the molecule is COc1ccc(OC)c([C@@H]2CC(c3ccc(Br)cc3)=NN2C(=O)CCC(=O)[O-])c1. The van der Waals surface area contributed by atoms with Crippen LogP contribution in [0.5, 0.6) is 11.5 Å². The number of methoxy groups -OCH3 is 2. The van der Waals surface area contributed by atoms with Crippen molar-refractivity contribution in [3.05, 3.63) is 58.1 Å². The van der Waals surface area contributed by atoms with E-state index in [0.717, 1.165) is 21.3 Å². The maximum absolute atomic E-state index is 12.8. The summed E-state index contributed by atoms with van der Waals surface area (Å²) >= 11 is 3.41. The number of ether oxygens (including phenoxy) is 2. The standard InChI is InChI=1S/C21H21BrN2O5/c1-28-15-7-8-19(29-2)16(11-15)18-12-17(13-3-5-14(22)6-4-13)23-24(18)20(25)9-10-21(26)27/h3-8,11,18H,9-10,12H2,1-2H3,(H,26,27)/p-1/t18-/m0/s1. The molecule has 8 heteroatoms. The highest BCUT2D eigenvalue weighted by atomic mass is 79.9. The van der Waals surface area contributed by atoms with Gasteiger partial charge < -0.3 is 19.4 Å². The number of hydrazone groups is 1. The molecule has 1 aliphatic rings. The third-order valence-corrected chi connectivity index (χ3v) is 5.21. The number of carbonyl (C=O) groups is 2. The summed E-state index contributed by atoms with van der Waals surface area (Å²) in [5, 5.41) is 16.7. The van der Waals surface area contributed by atoms with Gasteiger partial charge in [0.2, 0.25) is 5.91 Å². The van der Waals surface area contributed by atoms with Crippen LogP contribution in [0.3, 0.4) is 0 Å². The average molecular weight is 460 g/mol. The van der Waals surface area contributed by atoms with E-state index in [1.54, 1.807) is 26.4 Å². The van der Waals surface area contributed by atoms with Gasteiger partial charge >= 0.3 is 0 Å². The van der Waals surface area contributed by atoms with Gasteiger partial charge in [-0.2, -0.15) is 5.10 Å². The van der Waals surface area contributed by atoms with Crippen LogP contribution in [0.25, 0.3) is 0 Å². The number of aliphatic carboxylic acids is 1. The Kier molecular flexibility index (Phi) is 6.53. The number of hydrogen-bond acceptors (Lipinski definition) is 6. The summed E-state index contributed by atoms with van der Waals surface area (Å²) < 4.78 is 11.7. The second-order valence-electron chi connectivity index (χ2n) is 6.49. The third kappa shape index (κ3) is 4.76. The molecule has 0 unspecified atom stereocenters. The molecule has 0 fully saturated rings. The molecule has 0 aromatic heterocycles. The van der Waals surface area contributed by atoms with Crippen LogP contribution in [0, 0.1) is 0 Å². The number of rotatable bonds is 7. The van der Waals surface area contributed by atoms with Gasteiger partial charge in [0.05, 0.1) is 26.0 Å². The summed E-state index contributed by atoms with van der Waals surface area (Å²) in [5.41, 5.74) is 2.36. The highest BCUT2D eigenvalue weighted by Crippen LogP contribution is 2.39. The largest absolute Gasteiger partial charge is 0.550 e. The number of carbonyl (C=O) groups excluding carboxylic acids is 2. The Morgan fingerprint density at radius 3 is 2.48 bits per heavy atom. The van der Waals surface area contributed by atoms with Gasteiger partial charge in [-0.3, -0.25) is 4.79 Å². The quantitative estimate of drug-likeness (QED) is 0.634. The van der Waals surface area contributed by atoms with E-state index in [4.69, 9.17) is 9.47 Å². The minimum absolute atomic E-state index is 0.192. The minimum Gasteiger partial charge on any atom is -0.550 e. The molecule has 0 spiro atoms. The Bertz CT molecular complexity index is 943. The van der Waals surface area contributed by atoms with E-state index in [1.165, 1.54) is 5.01 Å². The van der Waals surface area contributed by atoms with Crippen molar-refractivity contribution >= 4 is 33.5 Å². The Morgan fingerprint density at radius 1 is 1.14 bits per heavy atom. The lowest BCUT2D eigenvalue weighted by Crippen LogP contribution is -2.30. The second-order valence-corrected chi connectivity index (χ2v) is 7.41. The van der Waals surface area contributed by atoms with E-state index < -0.39 is 17.9 Å². The van der Waals surface area contributed by atoms with E-state index in [0.29, 0.717) is 17.9 Å². The van der Waals surface area contributed by atoms with Crippen LogP contribution >= 0.6 is 15.9 Å². The third-order valence-electron chi connectivity index (χ3n) is 4.68. The fraction of sp³-hybridized carbons (Fsp3) is 0.286. The van der Waals surface area contributed by atoms with Gasteiger partial charge in [0.1, 0.15) is 11.5 Å². The lowest BCUT2D eigenvalue weighted by Gasteiger charge is -2.24. The smallest absolute Gasteiger partial charge is 0.243 e.